The Morgan fingerprint density at radius 3 is 2.81 bits per heavy atom. The van der Waals surface area contributed by atoms with E-state index in [2.05, 4.69) is 10.4 Å². The van der Waals surface area contributed by atoms with Gasteiger partial charge in [-0.1, -0.05) is 24.3 Å². The van der Waals surface area contributed by atoms with Gasteiger partial charge in [-0.25, -0.2) is 9.07 Å². The number of nitrogens with one attached hydrogen (secondary N) is 1. The fraction of sp³-hybridized carbons (Fsp3) is 0.211. The highest BCUT2D eigenvalue weighted by atomic mass is 19.1. The number of nitro groups is 1. The molecule has 0 spiro atoms. The van der Waals surface area contributed by atoms with Gasteiger partial charge in [0.1, 0.15) is 17.3 Å². The number of benzene rings is 2. The van der Waals surface area contributed by atoms with Gasteiger partial charge >= 0.3 is 0 Å². The second kappa shape index (κ2) is 6.59. The molecule has 2 aromatic carbocycles. The molecule has 26 heavy (non-hydrogen) atoms. The van der Waals surface area contributed by atoms with Gasteiger partial charge < -0.3 is 5.32 Å². The molecule has 0 amide bonds. The van der Waals surface area contributed by atoms with E-state index in [1.807, 2.05) is 0 Å². The molecule has 3 aromatic rings. The molecule has 2 heterocycles. The first-order chi connectivity index (χ1) is 12.6. The average Bonchev–Trinajstić information content (AvgIpc) is 2.82. The summed E-state index contributed by atoms with van der Waals surface area (Å²) < 4.78 is 15.3. The number of nitrogens with zero attached hydrogens (tertiary/aromatic N) is 3. The van der Waals surface area contributed by atoms with Crippen LogP contribution in [0.3, 0.4) is 0 Å². The lowest BCUT2D eigenvalue weighted by atomic mass is 10.0. The molecule has 132 valence electrons. The van der Waals surface area contributed by atoms with Gasteiger partial charge in [-0.15, -0.1) is 0 Å². The summed E-state index contributed by atoms with van der Waals surface area (Å²) in [6.07, 6.45) is 2.76. The van der Waals surface area contributed by atoms with Crippen LogP contribution in [0, 0.1) is 15.9 Å². The van der Waals surface area contributed by atoms with Gasteiger partial charge in [-0.2, -0.15) is 5.10 Å². The number of nitro benzene ring substituents is 1. The van der Waals surface area contributed by atoms with Gasteiger partial charge in [0.25, 0.3) is 5.69 Å². The largest absolute Gasteiger partial charge is 0.370 e. The zero-order valence-electron chi connectivity index (χ0n) is 14.0. The number of fused-ring (bicyclic) bond motifs is 1. The molecule has 0 fully saturated rings. The summed E-state index contributed by atoms with van der Waals surface area (Å²) in [7, 11) is 0. The standard InChI is InChI=1S/C19H17FN4O2/c20-14-7-5-6-13(12-14)18-15-8-3-4-11-21-19(15)23(22-18)16-9-1-2-10-17(16)24(25)26/h1-2,5-7,9-10,12,21H,3-4,8,11H2. The molecule has 6 nitrogen and oxygen atoms in total. The summed E-state index contributed by atoms with van der Waals surface area (Å²) in [5.74, 6) is 0.411. The first-order valence-corrected chi connectivity index (χ1v) is 8.50. The Morgan fingerprint density at radius 1 is 1.15 bits per heavy atom. The molecule has 0 saturated heterocycles. The van der Waals surface area contributed by atoms with Crippen LogP contribution >= 0.6 is 0 Å². The summed E-state index contributed by atoms with van der Waals surface area (Å²) in [4.78, 5) is 11.0. The Morgan fingerprint density at radius 2 is 2.00 bits per heavy atom. The molecule has 0 bridgehead atoms. The monoisotopic (exact) mass is 352 g/mol. The molecule has 0 aliphatic carbocycles. The summed E-state index contributed by atoms with van der Waals surface area (Å²) in [6, 6.07) is 12.8. The number of hydrogen-bond acceptors (Lipinski definition) is 4. The van der Waals surface area contributed by atoms with E-state index < -0.39 is 4.92 Å². The zero-order valence-corrected chi connectivity index (χ0v) is 14.0. The molecule has 0 radical (unpaired) electrons. The lowest BCUT2D eigenvalue weighted by molar-refractivity contribution is -0.384. The number of aromatic nitrogens is 2. The van der Waals surface area contributed by atoms with Gasteiger partial charge in [-0.05, 0) is 37.5 Å². The van der Waals surface area contributed by atoms with Crippen molar-refractivity contribution in [2.24, 2.45) is 0 Å². The Bertz CT molecular complexity index is 983. The van der Waals surface area contributed by atoms with Crippen LogP contribution < -0.4 is 5.32 Å². The van der Waals surface area contributed by atoms with Crippen molar-refractivity contribution >= 4 is 11.5 Å². The van der Waals surface area contributed by atoms with Gasteiger partial charge in [0.2, 0.25) is 0 Å². The van der Waals surface area contributed by atoms with Crippen LogP contribution in [-0.4, -0.2) is 21.2 Å². The van der Waals surface area contributed by atoms with Gasteiger partial charge in [0.05, 0.1) is 10.6 Å². The number of para-hydroxylation sites is 2. The van der Waals surface area contributed by atoms with Crippen LogP contribution in [0.25, 0.3) is 16.9 Å². The van der Waals surface area contributed by atoms with Crippen LogP contribution in [0.2, 0.25) is 0 Å². The first-order valence-electron chi connectivity index (χ1n) is 8.50. The van der Waals surface area contributed by atoms with Crippen molar-refractivity contribution in [3.05, 3.63) is 70.0 Å². The third-order valence-corrected chi connectivity index (χ3v) is 4.53. The molecule has 1 aromatic heterocycles. The van der Waals surface area contributed by atoms with E-state index >= 15 is 0 Å². The van der Waals surface area contributed by atoms with Crippen molar-refractivity contribution in [1.82, 2.24) is 9.78 Å². The van der Waals surface area contributed by atoms with Crippen molar-refractivity contribution in [3.63, 3.8) is 0 Å². The van der Waals surface area contributed by atoms with Gasteiger partial charge in [0.15, 0.2) is 0 Å². The van der Waals surface area contributed by atoms with E-state index in [0.717, 1.165) is 37.2 Å². The normalized spacial score (nSPS) is 13.6. The number of hydrogen-bond donors (Lipinski definition) is 1. The predicted octanol–water partition coefficient (Wildman–Crippen LogP) is 4.33. The lowest BCUT2D eigenvalue weighted by Gasteiger charge is -2.09. The second-order valence-corrected chi connectivity index (χ2v) is 6.23. The maximum absolute atomic E-state index is 13.7. The van der Waals surface area contributed by atoms with Crippen LogP contribution in [0.4, 0.5) is 15.9 Å². The number of anilines is 1. The Hall–Kier alpha value is -3.22. The SMILES string of the molecule is O=[N+]([O-])c1ccccc1-n1nc(-c2cccc(F)c2)c2c1NCCCC2. The molecule has 1 aliphatic heterocycles. The predicted molar refractivity (Wildman–Crippen MR) is 97.0 cm³/mol. The van der Waals surface area contributed by atoms with Gasteiger partial charge in [-0.3, -0.25) is 10.1 Å². The fourth-order valence-electron chi connectivity index (χ4n) is 3.34. The van der Waals surface area contributed by atoms with Crippen molar-refractivity contribution < 1.29 is 9.31 Å². The van der Waals surface area contributed by atoms with E-state index in [9.17, 15) is 14.5 Å². The third-order valence-electron chi connectivity index (χ3n) is 4.53. The lowest BCUT2D eigenvalue weighted by Crippen LogP contribution is -2.08. The van der Waals surface area contributed by atoms with Gasteiger partial charge in [0, 0.05) is 23.7 Å². The Kier molecular flexibility index (Phi) is 4.12. The molecule has 0 atom stereocenters. The highest BCUT2D eigenvalue weighted by molar-refractivity contribution is 5.72. The van der Waals surface area contributed by atoms with Crippen molar-refractivity contribution in [2.45, 2.75) is 19.3 Å². The molecule has 1 N–H and O–H groups in total. The summed E-state index contributed by atoms with van der Waals surface area (Å²) in [5, 5.41) is 19.4. The summed E-state index contributed by atoms with van der Waals surface area (Å²) in [6.45, 7) is 0.766. The molecule has 0 unspecified atom stereocenters. The molecule has 0 saturated carbocycles. The summed E-state index contributed by atoms with van der Waals surface area (Å²) in [5.41, 5.74) is 2.67. The topological polar surface area (TPSA) is 73.0 Å². The highest BCUT2D eigenvalue weighted by Crippen LogP contribution is 2.36. The molecule has 4 rings (SSSR count). The maximum Gasteiger partial charge on any atom is 0.294 e. The fourth-order valence-corrected chi connectivity index (χ4v) is 3.34. The van der Waals surface area contributed by atoms with E-state index in [1.54, 1.807) is 35.0 Å². The molecular weight excluding hydrogens is 335 g/mol. The van der Waals surface area contributed by atoms with Crippen LogP contribution in [0.5, 0.6) is 0 Å². The van der Waals surface area contributed by atoms with Crippen LogP contribution in [0.15, 0.2) is 48.5 Å². The first kappa shape index (κ1) is 16.3. The Balaban J connectivity index is 1.96. The minimum Gasteiger partial charge on any atom is -0.370 e. The second-order valence-electron chi connectivity index (χ2n) is 6.23. The minimum absolute atomic E-state index is 0.0189. The minimum atomic E-state index is -0.415. The van der Waals surface area contributed by atoms with E-state index in [-0.39, 0.29) is 11.5 Å². The summed E-state index contributed by atoms with van der Waals surface area (Å²) >= 11 is 0. The Labute approximate surface area is 149 Å². The van der Waals surface area contributed by atoms with E-state index in [0.29, 0.717) is 16.9 Å². The van der Waals surface area contributed by atoms with Crippen LogP contribution in [-0.2, 0) is 6.42 Å². The number of rotatable bonds is 3. The average molecular weight is 352 g/mol. The quantitative estimate of drug-likeness (QED) is 0.562. The highest BCUT2D eigenvalue weighted by Gasteiger charge is 2.25. The van der Waals surface area contributed by atoms with Crippen molar-refractivity contribution in [2.75, 3.05) is 11.9 Å². The van der Waals surface area contributed by atoms with E-state index in [4.69, 9.17) is 0 Å². The van der Waals surface area contributed by atoms with Crippen molar-refractivity contribution in [3.8, 4) is 16.9 Å². The third kappa shape index (κ3) is 2.81. The smallest absolute Gasteiger partial charge is 0.294 e. The van der Waals surface area contributed by atoms with E-state index in [1.165, 1.54) is 18.2 Å². The molecule has 7 heteroatoms. The maximum atomic E-state index is 13.7. The van der Waals surface area contributed by atoms with Crippen molar-refractivity contribution in [1.29, 1.82) is 0 Å². The van der Waals surface area contributed by atoms with Crippen LogP contribution in [0.1, 0.15) is 18.4 Å². The number of halogens is 1. The molecular formula is C19H17FN4O2. The zero-order chi connectivity index (χ0) is 18.1. The molecule has 1 aliphatic rings.